The molecule has 6 nitrogen and oxygen atoms in total. The van der Waals surface area contributed by atoms with Crippen molar-refractivity contribution < 1.29 is 14.6 Å². The number of phenols is 1. The fourth-order valence-electron chi connectivity index (χ4n) is 3.74. The standard InChI is InChI=1S/C23H31N3O3.HI/c1-15(18-10-9-17-7-5-6-8-19(17)13-18)26-23(24-2)25-14-16-11-20(28-3)22(27)21(12-16)29-4;/h9-13,15,27H,5-8,14H2,1-4H3,(H2,24,25,26);1H. The van der Waals surface area contributed by atoms with Gasteiger partial charge in [0.1, 0.15) is 0 Å². The molecule has 2 aromatic rings. The van der Waals surface area contributed by atoms with Crippen LogP contribution in [0.25, 0.3) is 0 Å². The highest BCUT2D eigenvalue weighted by atomic mass is 127. The Morgan fingerprint density at radius 1 is 1.07 bits per heavy atom. The molecule has 0 amide bonds. The van der Waals surface area contributed by atoms with Gasteiger partial charge in [-0.2, -0.15) is 0 Å². The van der Waals surface area contributed by atoms with Crippen molar-refractivity contribution in [3.05, 3.63) is 52.6 Å². The van der Waals surface area contributed by atoms with E-state index in [0.717, 1.165) is 5.56 Å². The van der Waals surface area contributed by atoms with Gasteiger partial charge in [-0.15, -0.1) is 24.0 Å². The van der Waals surface area contributed by atoms with Crippen LogP contribution >= 0.6 is 24.0 Å². The lowest BCUT2D eigenvalue weighted by Crippen LogP contribution is -2.38. The number of benzene rings is 2. The number of nitrogens with zero attached hydrogens (tertiary/aromatic N) is 1. The van der Waals surface area contributed by atoms with E-state index >= 15 is 0 Å². The van der Waals surface area contributed by atoms with Crippen LogP contribution in [-0.2, 0) is 19.4 Å². The first-order valence-electron chi connectivity index (χ1n) is 10.1. The normalized spacial score (nSPS) is 14.2. The fraction of sp³-hybridized carbons (Fsp3) is 0.435. The Morgan fingerprint density at radius 3 is 2.30 bits per heavy atom. The SMILES string of the molecule is CN=C(NCc1cc(OC)c(O)c(OC)c1)NC(C)c1ccc2c(c1)CCCC2.I. The minimum absolute atomic E-state index is 0. The summed E-state index contributed by atoms with van der Waals surface area (Å²) >= 11 is 0. The van der Waals surface area contributed by atoms with Crippen molar-refractivity contribution in [1.82, 2.24) is 10.6 Å². The summed E-state index contributed by atoms with van der Waals surface area (Å²) in [5.41, 5.74) is 5.15. The van der Waals surface area contributed by atoms with Crippen LogP contribution in [0.3, 0.4) is 0 Å². The maximum atomic E-state index is 10.1. The van der Waals surface area contributed by atoms with Gasteiger partial charge < -0.3 is 25.2 Å². The van der Waals surface area contributed by atoms with Crippen molar-refractivity contribution in [3.8, 4) is 17.2 Å². The van der Waals surface area contributed by atoms with Crippen molar-refractivity contribution in [2.24, 2.45) is 4.99 Å². The molecule has 0 spiro atoms. The molecule has 2 aromatic carbocycles. The van der Waals surface area contributed by atoms with E-state index < -0.39 is 0 Å². The lowest BCUT2D eigenvalue weighted by Gasteiger charge is -2.22. The summed E-state index contributed by atoms with van der Waals surface area (Å²) in [7, 11) is 4.80. The number of ether oxygens (including phenoxy) is 2. The van der Waals surface area contributed by atoms with Gasteiger partial charge in [-0.3, -0.25) is 4.99 Å². The van der Waals surface area contributed by atoms with Gasteiger partial charge in [0.2, 0.25) is 5.75 Å². The summed E-state index contributed by atoms with van der Waals surface area (Å²) in [5, 5.41) is 16.8. The number of aryl methyl sites for hydroxylation is 2. The number of halogens is 1. The first-order valence-corrected chi connectivity index (χ1v) is 10.1. The molecule has 0 bridgehead atoms. The molecule has 7 heteroatoms. The number of fused-ring (bicyclic) bond motifs is 1. The summed E-state index contributed by atoms with van der Waals surface area (Å²) in [4.78, 5) is 4.34. The largest absolute Gasteiger partial charge is 0.502 e. The highest BCUT2D eigenvalue weighted by Crippen LogP contribution is 2.37. The molecule has 0 radical (unpaired) electrons. The monoisotopic (exact) mass is 525 g/mol. The zero-order valence-corrected chi connectivity index (χ0v) is 20.4. The third-order valence-electron chi connectivity index (χ3n) is 5.45. The average Bonchev–Trinajstić information content (AvgIpc) is 2.76. The van der Waals surface area contributed by atoms with Gasteiger partial charge in [0.05, 0.1) is 20.3 Å². The third kappa shape index (κ3) is 5.71. The van der Waals surface area contributed by atoms with E-state index in [1.807, 2.05) is 0 Å². The second kappa shape index (κ2) is 11.3. The van der Waals surface area contributed by atoms with E-state index in [4.69, 9.17) is 9.47 Å². The van der Waals surface area contributed by atoms with E-state index in [9.17, 15) is 5.11 Å². The highest BCUT2D eigenvalue weighted by molar-refractivity contribution is 14.0. The predicted octanol–water partition coefficient (Wildman–Crippen LogP) is 4.33. The smallest absolute Gasteiger partial charge is 0.200 e. The van der Waals surface area contributed by atoms with Gasteiger partial charge in [0.25, 0.3) is 0 Å². The Balaban J connectivity index is 0.00000320. The molecule has 0 aromatic heterocycles. The van der Waals surface area contributed by atoms with Crippen molar-refractivity contribution in [3.63, 3.8) is 0 Å². The Labute approximate surface area is 196 Å². The summed E-state index contributed by atoms with van der Waals surface area (Å²) < 4.78 is 10.5. The molecule has 0 aliphatic heterocycles. The number of nitrogens with one attached hydrogen (secondary N) is 2. The van der Waals surface area contributed by atoms with Crippen molar-refractivity contribution in [2.75, 3.05) is 21.3 Å². The van der Waals surface area contributed by atoms with Gasteiger partial charge >= 0.3 is 0 Å². The van der Waals surface area contributed by atoms with Crippen molar-refractivity contribution in [1.29, 1.82) is 0 Å². The Morgan fingerprint density at radius 2 is 1.70 bits per heavy atom. The zero-order chi connectivity index (χ0) is 20.8. The van der Waals surface area contributed by atoms with E-state index in [2.05, 4.69) is 40.7 Å². The molecule has 30 heavy (non-hydrogen) atoms. The van der Waals surface area contributed by atoms with Gasteiger partial charge in [-0.05, 0) is 67.0 Å². The Kier molecular flexibility index (Phi) is 9.08. The molecule has 1 aliphatic carbocycles. The van der Waals surface area contributed by atoms with Crippen LogP contribution in [0.15, 0.2) is 35.3 Å². The van der Waals surface area contributed by atoms with Crippen LogP contribution in [0.1, 0.15) is 48.1 Å². The van der Waals surface area contributed by atoms with Gasteiger partial charge in [-0.1, -0.05) is 18.2 Å². The number of hydrogen-bond acceptors (Lipinski definition) is 4. The molecule has 1 atom stereocenters. The van der Waals surface area contributed by atoms with Crippen LogP contribution in [0.4, 0.5) is 0 Å². The first-order chi connectivity index (χ1) is 14.0. The van der Waals surface area contributed by atoms with E-state index in [1.54, 1.807) is 19.2 Å². The van der Waals surface area contributed by atoms with E-state index in [0.29, 0.717) is 24.0 Å². The lowest BCUT2D eigenvalue weighted by molar-refractivity contribution is 0.339. The maximum absolute atomic E-state index is 10.1. The number of phenolic OH excluding ortho intramolecular Hbond substituents is 1. The molecule has 0 heterocycles. The second-order valence-electron chi connectivity index (χ2n) is 7.38. The fourth-order valence-corrected chi connectivity index (χ4v) is 3.74. The maximum Gasteiger partial charge on any atom is 0.200 e. The zero-order valence-electron chi connectivity index (χ0n) is 18.1. The summed E-state index contributed by atoms with van der Waals surface area (Å²) in [6.45, 7) is 2.66. The molecule has 1 aliphatic rings. The van der Waals surface area contributed by atoms with Crippen LogP contribution in [0.5, 0.6) is 17.2 Å². The summed E-state index contributed by atoms with van der Waals surface area (Å²) in [6, 6.07) is 10.5. The highest BCUT2D eigenvalue weighted by Gasteiger charge is 2.14. The number of aromatic hydroxyl groups is 1. The molecular formula is C23H32IN3O3. The van der Waals surface area contributed by atoms with Crippen molar-refractivity contribution >= 4 is 29.9 Å². The predicted molar refractivity (Wildman–Crippen MR) is 131 cm³/mol. The van der Waals surface area contributed by atoms with Crippen LogP contribution in [-0.4, -0.2) is 32.3 Å². The van der Waals surface area contributed by atoms with Crippen LogP contribution in [0.2, 0.25) is 0 Å². The molecule has 3 N–H and O–H groups in total. The van der Waals surface area contributed by atoms with Gasteiger partial charge in [0.15, 0.2) is 17.5 Å². The number of guanidine groups is 1. The Hall–Kier alpha value is -2.16. The molecule has 0 saturated carbocycles. The van der Waals surface area contributed by atoms with E-state index in [-0.39, 0.29) is 35.8 Å². The molecular weight excluding hydrogens is 493 g/mol. The molecule has 0 fully saturated rings. The molecule has 0 saturated heterocycles. The Bertz CT molecular complexity index is 861. The molecule has 3 rings (SSSR count). The number of aliphatic imine (C=N–C) groups is 1. The van der Waals surface area contributed by atoms with Crippen LogP contribution in [0, 0.1) is 0 Å². The number of methoxy groups -OCH3 is 2. The topological polar surface area (TPSA) is 75.1 Å². The number of hydrogen-bond donors (Lipinski definition) is 3. The quantitative estimate of drug-likeness (QED) is 0.298. The third-order valence-corrected chi connectivity index (χ3v) is 5.45. The number of rotatable bonds is 6. The first kappa shape index (κ1) is 24.1. The minimum atomic E-state index is 0. The summed E-state index contributed by atoms with van der Waals surface area (Å²) in [5.74, 6) is 1.47. The van der Waals surface area contributed by atoms with Crippen molar-refractivity contribution in [2.45, 2.75) is 45.2 Å². The van der Waals surface area contributed by atoms with Gasteiger partial charge in [0, 0.05) is 13.6 Å². The van der Waals surface area contributed by atoms with Crippen LogP contribution < -0.4 is 20.1 Å². The average molecular weight is 525 g/mol. The molecule has 164 valence electrons. The minimum Gasteiger partial charge on any atom is -0.502 e. The van der Waals surface area contributed by atoms with Gasteiger partial charge in [-0.25, -0.2) is 0 Å². The lowest BCUT2D eigenvalue weighted by atomic mass is 9.89. The van der Waals surface area contributed by atoms with E-state index in [1.165, 1.54) is 56.6 Å². The summed E-state index contributed by atoms with van der Waals surface area (Å²) in [6.07, 6.45) is 4.94. The second-order valence-corrected chi connectivity index (χ2v) is 7.38. The molecule has 1 unspecified atom stereocenters.